The molecule has 1 aliphatic heterocycles. The van der Waals surface area contributed by atoms with Crippen molar-refractivity contribution in [3.63, 3.8) is 0 Å². The minimum Gasteiger partial charge on any atom is -0.462 e. The summed E-state index contributed by atoms with van der Waals surface area (Å²) in [5.41, 5.74) is 0.132. The third-order valence-electron chi connectivity index (χ3n) is 3.49. The Morgan fingerprint density at radius 3 is 2.48 bits per heavy atom. The molecule has 1 heterocycles. The summed E-state index contributed by atoms with van der Waals surface area (Å²) in [5, 5.41) is 10.6. The van der Waals surface area contributed by atoms with E-state index in [1.165, 1.54) is 24.3 Å². The van der Waals surface area contributed by atoms with Gasteiger partial charge in [0.1, 0.15) is 6.29 Å². The molecule has 0 atom stereocenters. The summed E-state index contributed by atoms with van der Waals surface area (Å²) in [6.45, 7) is 0.943. The molecule has 1 saturated heterocycles. The lowest BCUT2D eigenvalue weighted by atomic mass is 10.1. The fourth-order valence-corrected chi connectivity index (χ4v) is 2.29. The normalized spacial score (nSPS) is 16.0. The Kier molecular flexibility index (Phi) is 5.78. The summed E-state index contributed by atoms with van der Waals surface area (Å²) in [6.07, 6.45) is 1.82. The number of carbonyl (C=O) groups is 2. The Morgan fingerprint density at radius 2 is 1.91 bits per heavy atom. The molecular formula is C15H17NO7. The molecular weight excluding hydrogens is 306 g/mol. The Labute approximate surface area is 132 Å². The first kappa shape index (κ1) is 17.0. The maximum Gasteiger partial charge on any atom is 0.338 e. The van der Waals surface area contributed by atoms with E-state index in [4.69, 9.17) is 14.2 Å². The number of nitro groups is 1. The average Bonchev–Trinajstić information content (AvgIpc) is 3.02. The van der Waals surface area contributed by atoms with E-state index in [1.807, 2.05) is 0 Å². The maximum absolute atomic E-state index is 11.9. The molecule has 1 aliphatic rings. The zero-order chi connectivity index (χ0) is 16.7. The summed E-state index contributed by atoms with van der Waals surface area (Å²) < 4.78 is 16.2. The van der Waals surface area contributed by atoms with Crippen molar-refractivity contribution in [2.24, 2.45) is 0 Å². The van der Waals surface area contributed by atoms with Crippen LogP contribution in [0.25, 0.3) is 0 Å². The van der Waals surface area contributed by atoms with Crippen molar-refractivity contribution in [3.05, 3.63) is 39.9 Å². The molecule has 23 heavy (non-hydrogen) atoms. The van der Waals surface area contributed by atoms with Gasteiger partial charge in [-0.1, -0.05) is 0 Å². The molecule has 1 aromatic rings. The van der Waals surface area contributed by atoms with Crippen LogP contribution in [0.15, 0.2) is 24.3 Å². The zero-order valence-corrected chi connectivity index (χ0v) is 12.4. The van der Waals surface area contributed by atoms with Gasteiger partial charge >= 0.3 is 5.97 Å². The van der Waals surface area contributed by atoms with Gasteiger partial charge in [-0.2, -0.15) is 0 Å². The van der Waals surface area contributed by atoms with Crippen LogP contribution in [-0.2, 0) is 19.0 Å². The second-order valence-corrected chi connectivity index (χ2v) is 5.00. The fraction of sp³-hybridized carbons (Fsp3) is 0.467. The highest BCUT2D eigenvalue weighted by atomic mass is 16.7. The molecule has 2 rings (SSSR count). The molecule has 0 bridgehead atoms. The molecule has 0 aliphatic carbocycles. The first-order chi connectivity index (χ1) is 11.1. The van der Waals surface area contributed by atoms with Gasteiger partial charge in [0.2, 0.25) is 0 Å². The Hall–Kier alpha value is -2.32. The first-order valence-electron chi connectivity index (χ1n) is 7.19. The van der Waals surface area contributed by atoms with Crippen molar-refractivity contribution in [2.75, 3.05) is 19.8 Å². The summed E-state index contributed by atoms with van der Waals surface area (Å²) in [7, 11) is 0. The minimum absolute atomic E-state index is 0.0642. The Bertz CT molecular complexity index is 564. The fourth-order valence-electron chi connectivity index (χ4n) is 2.29. The molecule has 1 fully saturated rings. The monoisotopic (exact) mass is 323 g/mol. The van der Waals surface area contributed by atoms with Crippen molar-refractivity contribution in [3.8, 4) is 0 Å². The molecule has 0 amide bonds. The number of carbonyl (C=O) groups excluding carboxylic acids is 2. The Morgan fingerprint density at radius 1 is 1.26 bits per heavy atom. The van der Waals surface area contributed by atoms with E-state index in [0.29, 0.717) is 32.5 Å². The highest BCUT2D eigenvalue weighted by Crippen LogP contribution is 2.28. The number of aldehydes is 1. The van der Waals surface area contributed by atoms with Gasteiger partial charge in [-0.15, -0.1) is 0 Å². The smallest absolute Gasteiger partial charge is 0.338 e. The van der Waals surface area contributed by atoms with Crippen molar-refractivity contribution >= 4 is 17.9 Å². The molecule has 0 saturated carbocycles. The number of hydrogen-bond donors (Lipinski definition) is 0. The highest BCUT2D eigenvalue weighted by molar-refractivity contribution is 5.89. The summed E-state index contributed by atoms with van der Waals surface area (Å²) in [5.74, 6) is -1.46. The van der Waals surface area contributed by atoms with Gasteiger partial charge in [0, 0.05) is 31.4 Å². The van der Waals surface area contributed by atoms with Crippen molar-refractivity contribution in [1.82, 2.24) is 0 Å². The summed E-state index contributed by atoms with van der Waals surface area (Å²) in [4.78, 5) is 32.4. The number of esters is 1. The van der Waals surface area contributed by atoms with Gasteiger partial charge in [-0.3, -0.25) is 10.1 Å². The lowest BCUT2D eigenvalue weighted by Crippen LogP contribution is -2.32. The quantitative estimate of drug-likeness (QED) is 0.311. The molecule has 0 aromatic heterocycles. The number of rotatable bonds is 8. The van der Waals surface area contributed by atoms with Gasteiger partial charge in [0.05, 0.1) is 30.3 Å². The molecule has 8 nitrogen and oxygen atoms in total. The maximum atomic E-state index is 11.9. The van der Waals surface area contributed by atoms with Gasteiger partial charge in [0.25, 0.3) is 5.69 Å². The molecule has 0 spiro atoms. The second-order valence-electron chi connectivity index (χ2n) is 5.00. The zero-order valence-electron chi connectivity index (χ0n) is 12.4. The van der Waals surface area contributed by atoms with Gasteiger partial charge in [-0.05, 0) is 12.1 Å². The van der Waals surface area contributed by atoms with Crippen molar-refractivity contribution < 1.29 is 28.7 Å². The minimum atomic E-state index is -0.878. The van der Waals surface area contributed by atoms with E-state index >= 15 is 0 Å². The van der Waals surface area contributed by atoms with Crippen LogP contribution in [0.4, 0.5) is 5.69 Å². The van der Waals surface area contributed by atoms with Crippen LogP contribution in [-0.4, -0.2) is 42.8 Å². The van der Waals surface area contributed by atoms with E-state index in [-0.39, 0.29) is 17.9 Å². The highest BCUT2D eigenvalue weighted by Gasteiger charge is 2.36. The second kappa shape index (κ2) is 7.80. The third-order valence-corrected chi connectivity index (χ3v) is 3.49. The van der Waals surface area contributed by atoms with Crippen LogP contribution >= 0.6 is 0 Å². The predicted molar refractivity (Wildman–Crippen MR) is 77.9 cm³/mol. The van der Waals surface area contributed by atoms with Crippen LogP contribution in [0.1, 0.15) is 29.6 Å². The molecule has 0 radical (unpaired) electrons. The summed E-state index contributed by atoms with van der Waals surface area (Å²) in [6, 6.07) is 5.16. The van der Waals surface area contributed by atoms with E-state index in [2.05, 4.69) is 0 Å². The van der Waals surface area contributed by atoms with Crippen LogP contribution in [0.5, 0.6) is 0 Å². The average molecular weight is 323 g/mol. The van der Waals surface area contributed by atoms with E-state index < -0.39 is 16.7 Å². The van der Waals surface area contributed by atoms with E-state index in [9.17, 15) is 19.7 Å². The first-order valence-corrected chi connectivity index (χ1v) is 7.19. The molecule has 124 valence electrons. The van der Waals surface area contributed by atoms with Gasteiger partial charge < -0.3 is 19.0 Å². The van der Waals surface area contributed by atoms with Crippen LogP contribution in [0.3, 0.4) is 0 Å². The lowest BCUT2D eigenvalue weighted by Gasteiger charge is -2.26. The summed E-state index contributed by atoms with van der Waals surface area (Å²) >= 11 is 0. The van der Waals surface area contributed by atoms with Crippen molar-refractivity contribution in [2.45, 2.75) is 25.0 Å². The topological polar surface area (TPSA) is 105 Å². The van der Waals surface area contributed by atoms with Gasteiger partial charge in [-0.25, -0.2) is 4.79 Å². The van der Waals surface area contributed by atoms with Gasteiger partial charge in [0.15, 0.2) is 5.79 Å². The van der Waals surface area contributed by atoms with Crippen molar-refractivity contribution in [1.29, 1.82) is 0 Å². The molecule has 8 heteroatoms. The number of nitro benzene ring substituents is 1. The molecule has 0 N–H and O–H groups in total. The van der Waals surface area contributed by atoms with E-state index in [0.717, 1.165) is 6.29 Å². The van der Waals surface area contributed by atoms with E-state index in [1.54, 1.807) is 0 Å². The number of non-ortho nitro benzene ring substituents is 1. The molecule has 0 unspecified atom stereocenters. The Balaban J connectivity index is 1.85. The number of ether oxygens (including phenoxy) is 3. The number of benzene rings is 1. The van der Waals surface area contributed by atoms with Crippen LogP contribution in [0.2, 0.25) is 0 Å². The van der Waals surface area contributed by atoms with Crippen LogP contribution < -0.4 is 0 Å². The third kappa shape index (κ3) is 4.57. The molecule has 1 aromatic carbocycles. The number of hydrogen-bond acceptors (Lipinski definition) is 7. The lowest BCUT2D eigenvalue weighted by molar-refractivity contribution is -0.384. The predicted octanol–water partition coefficient (Wildman–Crippen LogP) is 1.86. The van der Waals surface area contributed by atoms with Crippen LogP contribution in [0, 0.1) is 10.1 Å². The largest absolute Gasteiger partial charge is 0.462 e. The number of nitrogens with zero attached hydrogens (tertiary/aromatic N) is 1. The SMILES string of the molecule is O=CCCC1(CCOC(=O)c2ccc([N+](=O)[O-])cc2)OCCO1. The standard InChI is InChI=1S/C15H17NO7/c17-8-1-6-15(22-10-11-23-15)7-9-21-14(18)12-2-4-13(5-3-12)16(19)20/h2-5,8H,1,6-7,9-11H2.